The molecular formula is C10H12FN3O3S. The summed E-state index contributed by atoms with van der Waals surface area (Å²) in [6, 6.07) is 2.55. The third-order valence-corrected chi connectivity index (χ3v) is 4.00. The summed E-state index contributed by atoms with van der Waals surface area (Å²) in [4.78, 5) is 10.7. The van der Waals surface area contributed by atoms with Crippen molar-refractivity contribution < 1.29 is 17.6 Å². The van der Waals surface area contributed by atoms with Crippen LogP contribution in [-0.2, 0) is 14.8 Å². The highest BCUT2D eigenvalue weighted by Gasteiger charge is 2.27. The Kier molecular flexibility index (Phi) is 3.22. The van der Waals surface area contributed by atoms with Crippen LogP contribution in [0.3, 0.4) is 0 Å². The van der Waals surface area contributed by atoms with Gasteiger partial charge in [-0.2, -0.15) is 0 Å². The van der Waals surface area contributed by atoms with Gasteiger partial charge in [0.25, 0.3) is 0 Å². The van der Waals surface area contributed by atoms with E-state index in [-0.39, 0.29) is 29.5 Å². The number of benzene rings is 1. The average Bonchev–Trinajstić information content (AvgIpc) is 2.61. The van der Waals surface area contributed by atoms with Crippen LogP contribution in [0.15, 0.2) is 23.1 Å². The fourth-order valence-corrected chi connectivity index (χ4v) is 3.02. The zero-order valence-electron chi connectivity index (χ0n) is 9.31. The molecule has 1 saturated heterocycles. The number of carbonyl (C=O) groups excluding carboxylic acids is 1. The van der Waals surface area contributed by atoms with Crippen LogP contribution in [0, 0.1) is 5.82 Å². The van der Waals surface area contributed by atoms with Gasteiger partial charge >= 0.3 is 0 Å². The molecule has 0 aliphatic carbocycles. The Hall–Kier alpha value is -1.67. The summed E-state index contributed by atoms with van der Waals surface area (Å²) in [5.74, 6) is -0.947. The number of halogens is 1. The number of hydrogen-bond acceptors (Lipinski definition) is 4. The van der Waals surface area contributed by atoms with Crippen molar-refractivity contribution in [2.24, 2.45) is 0 Å². The van der Waals surface area contributed by atoms with Crippen molar-refractivity contribution >= 4 is 21.6 Å². The van der Waals surface area contributed by atoms with Crippen LogP contribution in [0.25, 0.3) is 0 Å². The summed E-state index contributed by atoms with van der Waals surface area (Å²) >= 11 is 0. The second-order valence-corrected chi connectivity index (χ2v) is 5.76. The van der Waals surface area contributed by atoms with Crippen LogP contribution >= 0.6 is 0 Å². The molecule has 1 aliphatic rings. The minimum Gasteiger partial charge on any atom is -0.399 e. The molecule has 2 rings (SSSR count). The molecule has 1 fully saturated rings. The molecule has 18 heavy (non-hydrogen) atoms. The standard InChI is InChI=1S/C10H12FN3O3S/c11-6-1-7(12)3-9(2-6)18(16,17)14-8-4-10(15)13-5-8/h1-3,8,14H,4-5,12H2,(H,13,15). The van der Waals surface area contributed by atoms with E-state index < -0.39 is 21.9 Å². The highest BCUT2D eigenvalue weighted by molar-refractivity contribution is 7.89. The summed E-state index contributed by atoms with van der Waals surface area (Å²) in [6.45, 7) is 0.225. The summed E-state index contributed by atoms with van der Waals surface area (Å²) in [5.41, 5.74) is 5.41. The number of nitrogen functional groups attached to an aromatic ring is 1. The van der Waals surface area contributed by atoms with Crippen molar-refractivity contribution in [1.82, 2.24) is 10.0 Å². The van der Waals surface area contributed by atoms with Crippen LogP contribution in [0.1, 0.15) is 6.42 Å². The lowest BCUT2D eigenvalue weighted by atomic mass is 10.3. The molecule has 8 heteroatoms. The maximum Gasteiger partial charge on any atom is 0.241 e. The van der Waals surface area contributed by atoms with E-state index in [0.717, 1.165) is 18.2 Å². The molecular weight excluding hydrogens is 261 g/mol. The number of carbonyl (C=O) groups is 1. The van der Waals surface area contributed by atoms with Gasteiger partial charge in [0.2, 0.25) is 15.9 Å². The van der Waals surface area contributed by atoms with E-state index in [0.29, 0.717) is 0 Å². The Bertz CT molecular complexity index is 568. The van der Waals surface area contributed by atoms with Gasteiger partial charge in [-0.1, -0.05) is 0 Å². The molecule has 98 valence electrons. The SMILES string of the molecule is Nc1cc(F)cc(S(=O)(=O)NC2CNC(=O)C2)c1. The fraction of sp³-hybridized carbons (Fsp3) is 0.300. The molecule has 1 aromatic carbocycles. The van der Waals surface area contributed by atoms with Gasteiger partial charge in [0.1, 0.15) is 5.82 Å². The summed E-state index contributed by atoms with van der Waals surface area (Å²) in [5, 5.41) is 2.50. The minimum absolute atomic E-state index is 0.0241. The van der Waals surface area contributed by atoms with E-state index in [1.54, 1.807) is 0 Å². The monoisotopic (exact) mass is 273 g/mol. The molecule has 0 spiro atoms. The molecule has 1 atom stereocenters. The Morgan fingerprint density at radius 2 is 2.11 bits per heavy atom. The number of sulfonamides is 1. The van der Waals surface area contributed by atoms with Gasteiger partial charge in [-0.3, -0.25) is 4.79 Å². The quantitative estimate of drug-likeness (QED) is 0.651. The first kappa shape index (κ1) is 12.8. The number of rotatable bonds is 3. The van der Waals surface area contributed by atoms with Crippen molar-refractivity contribution in [3.8, 4) is 0 Å². The maximum absolute atomic E-state index is 13.1. The van der Waals surface area contributed by atoms with Gasteiger partial charge in [0, 0.05) is 24.7 Å². The van der Waals surface area contributed by atoms with Gasteiger partial charge < -0.3 is 11.1 Å². The molecule has 1 aromatic rings. The lowest BCUT2D eigenvalue weighted by molar-refractivity contribution is -0.119. The van der Waals surface area contributed by atoms with Crippen LogP contribution < -0.4 is 15.8 Å². The van der Waals surface area contributed by atoms with Crippen LogP contribution in [0.2, 0.25) is 0 Å². The van der Waals surface area contributed by atoms with E-state index in [9.17, 15) is 17.6 Å². The van der Waals surface area contributed by atoms with Crippen molar-refractivity contribution in [1.29, 1.82) is 0 Å². The molecule has 1 amide bonds. The molecule has 0 bridgehead atoms. The lowest BCUT2D eigenvalue weighted by Gasteiger charge is -2.11. The average molecular weight is 273 g/mol. The second-order valence-electron chi connectivity index (χ2n) is 4.05. The van der Waals surface area contributed by atoms with Crippen molar-refractivity contribution in [2.45, 2.75) is 17.4 Å². The van der Waals surface area contributed by atoms with Gasteiger partial charge in [0.05, 0.1) is 4.90 Å². The molecule has 1 unspecified atom stereocenters. The molecule has 1 aliphatic heterocycles. The van der Waals surface area contributed by atoms with Crippen molar-refractivity contribution in [2.75, 3.05) is 12.3 Å². The number of anilines is 1. The van der Waals surface area contributed by atoms with Gasteiger partial charge in [0.15, 0.2) is 0 Å². The summed E-state index contributed by atoms with van der Waals surface area (Å²) < 4.78 is 39.3. The van der Waals surface area contributed by atoms with Gasteiger partial charge in [-0.25, -0.2) is 17.5 Å². The van der Waals surface area contributed by atoms with E-state index in [2.05, 4.69) is 10.0 Å². The highest BCUT2D eigenvalue weighted by Crippen LogP contribution is 2.16. The Labute approximate surface area is 103 Å². The summed E-state index contributed by atoms with van der Waals surface area (Å²) in [7, 11) is -3.87. The lowest BCUT2D eigenvalue weighted by Crippen LogP contribution is -2.36. The molecule has 1 heterocycles. The zero-order chi connectivity index (χ0) is 13.3. The predicted octanol–water partition coefficient (Wildman–Crippen LogP) is -0.425. The van der Waals surface area contributed by atoms with E-state index in [1.165, 1.54) is 0 Å². The number of nitrogens with one attached hydrogen (secondary N) is 2. The first-order chi connectivity index (χ1) is 8.37. The van der Waals surface area contributed by atoms with Gasteiger partial charge in [-0.15, -0.1) is 0 Å². The predicted molar refractivity (Wildman–Crippen MR) is 62.5 cm³/mol. The molecule has 0 aromatic heterocycles. The smallest absolute Gasteiger partial charge is 0.241 e. The number of hydrogen-bond donors (Lipinski definition) is 3. The van der Waals surface area contributed by atoms with E-state index in [4.69, 9.17) is 5.73 Å². The van der Waals surface area contributed by atoms with E-state index in [1.807, 2.05) is 0 Å². The topological polar surface area (TPSA) is 101 Å². The molecule has 0 radical (unpaired) electrons. The Morgan fingerprint density at radius 1 is 1.39 bits per heavy atom. The van der Waals surface area contributed by atoms with Crippen LogP contribution in [0.5, 0.6) is 0 Å². The maximum atomic E-state index is 13.1. The fourth-order valence-electron chi connectivity index (χ4n) is 1.72. The third kappa shape index (κ3) is 2.77. The summed E-state index contributed by atoms with van der Waals surface area (Å²) in [6.07, 6.45) is 0.0734. The Morgan fingerprint density at radius 3 is 2.67 bits per heavy atom. The zero-order valence-corrected chi connectivity index (χ0v) is 10.1. The van der Waals surface area contributed by atoms with Crippen LogP contribution in [0.4, 0.5) is 10.1 Å². The first-order valence-corrected chi connectivity index (χ1v) is 6.70. The molecule has 4 N–H and O–H groups in total. The number of amides is 1. The van der Waals surface area contributed by atoms with Crippen molar-refractivity contribution in [3.05, 3.63) is 24.0 Å². The Balaban J connectivity index is 2.22. The third-order valence-electron chi connectivity index (χ3n) is 2.50. The largest absolute Gasteiger partial charge is 0.399 e. The second kappa shape index (κ2) is 4.54. The molecule has 6 nitrogen and oxygen atoms in total. The van der Waals surface area contributed by atoms with E-state index >= 15 is 0 Å². The highest BCUT2D eigenvalue weighted by atomic mass is 32.2. The van der Waals surface area contributed by atoms with Gasteiger partial charge in [-0.05, 0) is 18.2 Å². The first-order valence-electron chi connectivity index (χ1n) is 5.22. The normalized spacial score (nSPS) is 19.8. The van der Waals surface area contributed by atoms with Crippen molar-refractivity contribution in [3.63, 3.8) is 0 Å². The number of nitrogens with two attached hydrogens (primary N) is 1. The van der Waals surface area contributed by atoms with Crippen LogP contribution in [-0.4, -0.2) is 26.9 Å². The minimum atomic E-state index is -3.87. The molecule has 0 saturated carbocycles.